The quantitative estimate of drug-likeness (QED) is 0.726. The van der Waals surface area contributed by atoms with Crippen LogP contribution < -0.4 is 0 Å². The summed E-state index contributed by atoms with van der Waals surface area (Å²) in [4.78, 5) is 14.5. The highest BCUT2D eigenvalue weighted by atomic mass is 79.9. The third-order valence-corrected chi connectivity index (χ3v) is 4.20. The van der Waals surface area contributed by atoms with Gasteiger partial charge in [-0.2, -0.15) is 0 Å². The number of nitrogens with zero attached hydrogens (tertiary/aromatic N) is 1. The van der Waals surface area contributed by atoms with Crippen LogP contribution >= 0.6 is 15.9 Å². The van der Waals surface area contributed by atoms with E-state index in [1.165, 1.54) is 19.3 Å². The molecule has 0 radical (unpaired) electrons. The van der Waals surface area contributed by atoms with E-state index >= 15 is 0 Å². The average molecular weight is 290 g/mol. The van der Waals surface area contributed by atoms with Crippen molar-refractivity contribution in [2.24, 2.45) is 11.8 Å². The van der Waals surface area contributed by atoms with Gasteiger partial charge in [-0.25, -0.2) is 0 Å². The largest absolute Gasteiger partial charge is 0.339 e. The van der Waals surface area contributed by atoms with Crippen LogP contribution in [0.3, 0.4) is 0 Å². The fraction of sp³-hybridized carbons (Fsp3) is 0.923. The molecule has 1 rings (SSSR count). The van der Waals surface area contributed by atoms with Crippen LogP contribution in [0.4, 0.5) is 0 Å². The Morgan fingerprint density at radius 2 is 2.06 bits per heavy atom. The molecule has 1 heterocycles. The van der Waals surface area contributed by atoms with Gasteiger partial charge >= 0.3 is 0 Å². The van der Waals surface area contributed by atoms with Gasteiger partial charge in [0, 0.05) is 23.8 Å². The number of carbonyl (C=O) groups is 1. The summed E-state index contributed by atoms with van der Waals surface area (Å²) in [6, 6.07) is 0.474. The van der Waals surface area contributed by atoms with Crippen LogP contribution in [0.25, 0.3) is 0 Å². The molecule has 2 unspecified atom stereocenters. The summed E-state index contributed by atoms with van der Waals surface area (Å²) in [6.07, 6.45) is 4.73. The smallest absolute Gasteiger partial charge is 0.225 e. The van der Waals surface area contributed by atoms with Crippen LogP contribution in [0.2, 0.25) is 0 Å². The van der Waals surface area contributed by atoms with E-state index in [9.17, 15) is 4.79 Å². The lowest BCUT2D eigenvalue weighted by atomic mass is 9.93. The maximum atomic E-state index is 12.3. The van der Waals surface area contributed by atoms with Crippen molar-refractivity contribution in [3.05, 3.63) is 0 Å². The van der Waals surface area contributed by atoms with Gasteiger partial charge in [-0.3, -0.25) is 4.79 Å². The first-order valence-electron chi connectivity index (χ1n) is 6.44. The van der Waals surface area contributed by atoms with Crippen molar-refractivity contribution < 1.29 is 4.79 Å². The molecule has 0 N–H and O–H groups in total. The molecule has 3 heteroatoms. The lowest BCUT2D eigenvalue weighted by Crippen LogP contribution is -2.47. The standard InChI is InChI=1S/C13H24BrNO/c1-10(2)11(3)13(16)15-9-5-4-6-12(15)7-8-14/h10-12H,4-9H2,1-3H3. The summed E-state index contributed by atoms with van der Waals surface area (Å²) in [7, 11) is 0. The molecule has 16 heavy (non-hydrogen) atoms. The number of hydrogen-bond acceptors (Lipinski definition) is 1. The summed E-state index contributed by atoms with van der Waals surface area (Å²) in [5, 5.41) is 0.998. The molecule has 0 aromatic carbocycles. The molecule has 0 saturated carbocycles. The zero-order valence-corrected chi connectivity index (χ0v) is 12.3. The van der Waals surface area contributed by atoms with Crippen molar-refractivity contribution in [3.63, 3.8) is 0 Å². The summed E-state index contributed by atoms with van der Waals surface area (Å²) in [6.45, 7) is 7.29. The van der Waals surface area contributed by atoms with E-state index in [2.05, 4.69) is 41.6 Å². The maximum absolute atomic E-state index is 12.3. The summed E-state index contributed by atoms with van der Waals surface area (Å²) in [5.41, 5.74) is 0. The van der Waals surface area contributed by atoms with E-state index < -0.39 is 0 Å². The maximum Gasteiger partial charge on any atom is 0.225 e. The van der Waals surface area contributed by atoms with E-state index in [0.29, 0.717) is 17.9 Å². The van der Waals surface area contributed by atoms with Crippen molar-refractivity contribution in [2.75, 3.05) is 11.9 Å². The summed E-state index contributed by atoms with van der Waals surface area (Å²) < 4.78 is 0. The Morgan fingerprint density at radius 3 is 2.62 bits per heavy atom. The fourth-order valence-corrected chi connectivity index (χ4v) is 2.79. The lowest BCUT2D eigenvalue weighted by molar-refractivity contribution is -0.140. The second kappa shape index (κ2) is 6.63. The first-order chi connectivity index (χ1) is 7.57. The van der Waals surface area contributed by atoms with Gasteiger partial charge in [-0.1, -0.05) is 36.7 Å². The molecule has 0 bridgehead atoms. The number of halogens is 1. The molecule has 1 aliphatic rings. The number of rotatable bonds is 4. The molecule has 0 aromatic rings. The van der Waals surface area contributed by atoms with Gasteiger partial charge in [0.1, 0.15) is 0 Å². The number of piperidine rings is 1. The van der Waals surface area contributed by atoms with Crippen LogP contribution in [0, 0.1) is 11.8 Å². The lowest BCUT2D eigenvalue weighted by Gasteiger charge is -2.38. The van der Waals surface area contributed by atoms with Crippen LogP contribution in [-0.4, -0.2) is 28.7 Å². The Labute approximate surface area is 108 Å². The molecule has 0 spiro atoms. The highest BCUT2D eigenvalue weighted by molar-refractivity contribution is 9.09. The number of likely N-dealkylation sites (tertiary alicyclic amines) is 1. The van der Waals surface area contributed by atoms with Crippen molar-refractivity contribution >= 4 is 21.8 Å². The predicted octanol–water partition coefficient (Wildman–Crippen LogP) is 3.44. The van der Waals surface area contributed by atoms with E-state index in [1.807, 2.05) is 0 Å². The molecule has 0 aromatic heterocycles. The zero-order chi connectivity index (χ0) is 12.1. The third-order valence-electron chi connectivity index (χ3n) is 3.74. The zero-order valence-electron chi connectivity index (χ0n) is 10.7. The first kappa shape index (κ1) is 14.0. The molecule has 1 amide bonds. The molecule has 0 aliphatic carbocycles. The SMILES string of the molecule is CC(C)C(C)C(=O)N1CCCCC1CCBr. The molecular formula is C13H24BrNO. The fourth-order valence-electron chi connectivity index (χ4n) is 2.26. The minimum absolute atomic E-state index is 0.163. The van der Waals surface area contributed by atoms with Gasteiger partial charge in [0.25, 0.3) is 0 Å². The van der Waals surface area contributed by atoms with Crippen LogP contribution in [0.5, 0.6) is 0 Å². The highest BCUT2D eigenvalue weighted by Crippen LogP contribution is 2.24. The van der Waals surface area contributed by atoms with Crippen molar-refractivity contribution in [1.29, 1.82) is 0 Å². The minimum Gasteiger partial charge on any atom is -0.339 e. The van der Waals surface area contributed by atoms with E-state index in [0.717, 1.165) is 18.3 Å². The average Bonchev–Trinajstić information content (AvgIpc) is 2.28. The molecule has 1 fully saturated rings. The van der Waals surface area contributed by atoms with Gasteiger partial charge in [0.2, 0.25) is 5.91 Å². The number of hydrogen-bond donors (Lipinski definition) is 0. The molecular weight excluding hydrogens is 266 g/mol. The van der Waals surface area contributed by atoms with Gasteiger partial charge in [0.15, 0.2) is 0 Å². The molecule has 94 valence electrons. The normalized spacial score (nSPS) is 23.6. The number of amides is 1. The Balaban J connectivity index is 2.63. The Hall–Kier alpha value is -0.0500. The Kier molecular flexibility index (Phi) is 5.81. The predicted molar refractivity (Wildman–Crippen MR) is 71.8 cm³/mol. The van der Waals surface area contributed by atoms with Gasteiger partial charge in [-0.05, 0) is 31.6 Å². The van der Waals surface area contributed by atoms with E-state index in [-0.39, 0.29) is 5.92 Å². The molecule has 2 nitrogen and oxygen atoms in total. The summed E-state index contributed by atoms with van der Waals surface area (Å²) in [5.74, 6) is 0.968. The topological polar surface area (TPSA) is 20.3 Å². The summed E-state index contributed by atoms with van der Waals surface area (Å²) >= 11 is 3.49. The van der Waals surface area contributed by atoms with Crippen molar-refractivity contribution in [3.8, 4) is 0 Å². The Bertz CT molecular complexity index is 228. The van der Waals surface area contributed by atoms with Crippen LogP contribution in [0.1, 0.15) is 46.5 Å². The third kappa shape index (κ3) is 3.47. The van der Waals surface area contributed by atoms with Crippen LogP contribution in [0.15, 0.2) is 0 Å². The van der Waals surface area contributed by atoms with E-state index in [1.54, 1.807) is 0 Å². The van der Waals surface area contributed by atoms with Crippen molar-refractivity contribution in [1.82, 2.24) is 4.90 Å². The van der Waals surface area contributed by atoms with Crippen molar-refractivity contribution in [2.45, 2.75) is 52.5 Å². The molecule has 2 atom stereocenters. The highest BCUT2D eigenvalue weighted by Gasteiger charge is 2.30. The molecule has 1 aliphatic heterocycles. The van der Waals surface area contributed by atoms with Gasteiger partial charge in [-0.15, -0.1) is 0 Å². The molecule has 1 saturated heterocycles. The number of alkyl halides is 1. The first-order valence-corrected chi connectivity index (χ1v) is 7.56. The van der Waals surface area contributed by atoms with Gasteiger partial charge < -0.3 is 4.90 Å². The second-order valence-corrected chi connectivity index (χ2v) is 5.98. The van der Waals surface area contributed by atoms with Gasteiger partial charge in [0.05, 0.1) is 0 Å². The monoisotopic (exact) mass is 289 g/mol. The van der Waals surface area contributed by atoms with E-state index in [4.69, 9.17) is 0 Å². The Morgan fingerprint density at radius 1 is 1.38 bits per heavy atom. The van der Waals surface area contributed by atoms with Crippen LogP contribution in [-0.2, 0) is 4.79 Å². The minimum atomic E-state index is 0.163. The second-order valence-electron chi connectivity index (χ2n) is 5.19. The number of carbonyl (C=O) groups excluding carboxylic acids is 1.